The predicted octanol–water partition coefficient (Wildman–Crippen LogP) is 5.87. The molecule has 10 heteroatoms. The molecule has 4 N–H and O–H groups in total. The summed E-state index contributed by atoms with van der Waals surface area (Å²) in [6.45, 7) is 1.04. The number of halogens is 2. The third-order valence-corrected chi connectivity index (χ3v) is 6.43. The van der Waals surface area contributed by atoms with Crippen LogP contribution in [0.2, 0.25) is 0 Å². The van der Waals surface area contributed by atoms with E-state index in [1.165, 1.54) is 0 Å². The first-order valence-electron chi connectivity index (χ1n) is 11.9. The van der Waals surface area contributed by atoms with Gasteiger partial charge in [-0.25, -0.2) is 15.6 Å². The molecule has 3 aromatic carbocycles. The van der Waals surface area contributed by atoms with Crippen LogP contribution in [0.4, 0.5) is 16.2 Å². The fourth-order valence-electron chi connectivity index (χ4n) is 4.40. The number of hydrazine groups is 1. The molecule has 4 aromatic rings. The lowest BCUT2D eigenvalue weighted by molar-refractivity contribution is 0.252. The first-order valence-corrected chi connectivity index (χ1v) is 13.0. The van der Waals surface area contributed by atoms with Crippen molar-refractivity contribution >= 4 is 51.5 Å². The van der Waals surface area contributed by atoms with Gasteiger partial charge in [0.1, 0.15) is 11.5 Å². The summed E-state index contributed by atoms with van der Waals surface area (Å²) in [4.78, 5) is 19.3. The van der Waals surface area contributed by atoms with E-state index in [0.717, 1.165) is 39.0 Å². The lowest BCUT2D eigenvalue weighted by Gasteiger charge is -2.29. The number of hydrogen-bond donors (Lipinski definition) is 3. The Bertz CT molecular complexity index is 1410. The van der Waals surface area contributed by atoms with Crippen molar-refractivity contribution < 1.29 is 14.3 Å². The van der Waals surface area contributed by atoms with Gasteiger partial charge in [0.2, 0.25) is 0 Å². The molecule has 0 atom stereocenters. The van der Waals surface area contributed by atoms with Crippen molar-refractivity contribution in [2.24, 2.45) is 5.84 Å². The van der Waals surface area contributed by atoms with Gasteiger partial charge in [0.25, 0.3) is 0 Å². The van der Waals surface area contributed by atoms with Crippen molar-refractivity contribution in [1.29, 1.82) is 0 Å². The van der Waals surface area contributed by atoms with Gasteiger partial charge in [-0.2, -0.15) is 0 Å². The zero-order valence-electron chi connectivity index (χ0n) is 21.1. The molecule has 38 heavy (non-hydrogen) atoms. The van der Waals surface area contributed by atoms with Crippen LogP contribution in [0, 0.1) is 0 Å². The summed E-state index contributed by atoms with van der Waals surface area (Å²) in [6.07, 6.45) is 0. The van der Waals surface area contributed by atoms with E-state index in [-0.39, 0.29) is 0 Å². The summed E-state index contributed by atoms with van der Waals surface area (Å²) in [5, 5.41) is 3.79. The average Bonchev–Trinajstić information content (AvgIpc) is 2.96. The number of para-hydroxylation sites is 2. The van der Waals surface area contributed by atoms with Gasteiger partial charge in [-0.3, -0.25) is 5.43 Å². The minimum absolute atomic E-state index is 0.375. The second kappa shape index (κ2) is 12.7. The molecule has 0 saturated carbocycles. The largest absolute Gasteiger partial charge is 0.497 e. The minimum atomic E-state index is -0.538. The van der Waals surface area contributed by atoms with Crippen LogP contribution in [0.3, 0.4) is 0 Å². The van der Waals surface area contributed by atoms with Crippen LogP contribution < -0.4 is 31.0 Å². The molecule has 0 spiro atoms. The summed E-state index contributed by atoms with van der Waals surface area (Å²) >= 11 is 12.4. The molecule has 198 valence electrons. The van der Waals surface area contributed by atoms with Crippen LogP contribution in [-0.4, -0.2) is 50.1 Å². The number of ether oxygens (including phenoxy) is 2. The number of carbonyl (C=O) groups excluding carboxylic acids is 1. The minimum Gasteiger partial charge on any atom is -0.497 e. The van der Waals surface area contributed by atoms with Crippen LogP contribution >= 0.6 is 23.2 Å². The van der Waals surface area contributed by atoms with Crippen molar-refractivity contribution in [3.8, 4) is 33.9 Å². The summed E-state index contributed by atoms with van der Waals surface area (Å²) in [5.74, 6) is 7.44. The van der Waals surface area contributed by atoms with E-state index in [4.69, 9.17) is 43.5 Å². The number of urea groups is 1. The second-order valence-electron chi connectivity index (χ2n) is 8.34. The fourth-order valence-corrected chi connectivity index (χ4v) is 4.81. The number of alkyl halides is 2. The molecular formula is C28H29Cl2N5O3. The van der Waals surface area contributed by atoms with E-state index >= 15 is 0 Å². The molecule has 0 aliphatic carbocycles. The number of anilines is 2. The number of amides is 2. The molecule has 1 heterocycles. The highest BCUT2D eigenvalue weighted by Crippen LogP contribution is 2.42. The van der Waals surface area contributed by atoms with Crippen LogP contribution in [0.1, 0.15) is 0 Å². The fraction of sp³-hybridized carbons (Fsp3) is 0.214. The third-order valence-electron chi connectivity index (χ3n) is 6.09. The number of benzene rings is 3. The van der Waals surface area contributed by atoms with Crippen molar-refractivity contribution in [3.05, 3.63) is 66.7 Å². The third kappa shape index (κ3) is 5.88. The van der Waals surface area contributed by atoms with Gasteiger partial charge in [-0.05, 0) is 35.9 Å². The zero-order valence-corrected chi connectivity index (χ0v) is 22.6. The van der Waals surface area contributed by atoms with Crippen molar-refractivity contribution in [2.45, 2.75) is 0 Å². The highest BCUT2D eigenvalue weighted by atomic mass is 35.5. The molecule has 8 nitrogen and oxygen atoms in total. The molecule has 0 aliphatic heterocycles. The normalized spacial score (nSPS) is 10.8. The summed E-state index contributed by atoms with van der Waals surface area (Å²) in [6, 6.07) is 20.8. The Morgan fingerprint density at radius 1 is 0.921 bits per heavy atom. The zero-order chi connectivity index (χ0) is 27.1. The van der Waals surface area contributed by atoms with Crippen LogP contribution in [0.15, 0.2) is 66.7 Å². The highest BCUT2D eigenvalue weighted by Gasteiger charge is 2.21. The maximum atomic E-state index is 12.2. The molecule has 0 bridgehead atoms. The van der Waals surface area contributed by atoms with E-state index in [0.29, 0.717) is 42.0 Å². The second-order valence-corrected chi connectivity index (χ2v) is 9.09. The maximum absolute atomic E-state index is 12.2. The quantitative estimate of drug-likeness (QED) is 0.0982. The summed E-state index contributed by atoms with van der Waals surface area (Å²) in [5.41, 5.74) is 7.68. The first kappa shape index (κ1) is 27.3. The summed E-state index contributed by atoms with van der Waals surface area (Å²) < 4.78 is 11.0. The lowest BCUT2D eigenvalue weighted by atomic mass is 9.95. The monoisotopic (exact) mass is 553 g/mol. The van der Waals surface area contributed by atoms with Crippen LogP contribution in [-0.2, 0) is 0 Å². The van der Waals surface area contributed by atoms with E-state index in [1.807, 2.05) is 66.7 Å². The standard InChI is InChI=1S/C28H29Cl2N5O3/c1-37-19-14-18(15-20(16-19)38-2)26-17-23(21-6-3-4-8-24(21)32-26)22-7-5-9-25(33-28(36)34-31)27(22)35(12-10-29)13-11-30/h3-9,14-17H,10-13,31H2,1-2H3,(H2,33,34,36). The summed E-state index contributed by atoms with van der Waals surface area (Å²) in [7, 11) is 3.23. The molecule has 2 amide bonds. The van der Waals surface area contributed by atoms with E-state index in [9.17, 15) is 4.79 Å². The van der Waals surface area contributed by atoms with E-state index in [2.05, 4.69) is 15.6 Å². The first-order chi connectivity index (χ1) is 18.5. The lowest BCUT2D eigenvalue weighted by Crippen LogP contribution is -2.35. The maximum Gasteiger partial charge on any atom is 0.333 e. The number of nitrogens with two attached hydrogens (primary N) is 1. The predicted molar refractivity (Wildman–Crippen MR) is 156 cm³/mol. The Morgan fingerprint density at radius 3 is 2.24 bits per heavy atom. The molecule has 1 aromatic heterocycles. The number of rotatable bonds is 10. The number of fused-ring (bicyclic) bond motifs is 1. The molecule has 0 unspecified atom stereocenters. The van der Waals surface area contributed by atoms with Gasteiger partial charge >= 0.3 is 6.03 Å². The number of pyridine rings is 1. The highest BCUT2D eigenvalue weighted by molar-refractivity contribution is 6.19. The number of carbonyl (C=O) groups is 1. The van der Waals surface area contributed by atoms with Gasteiger partial charge in [0, 0.05) is 47.4 Å². The van der Waals surface area contributed by atoms with Crippen LogP contribution in [0.5, 0.6) is 11.5 Å². The molecule has 0 radical (unpaired) electrons. The Morgan fingerprint density at radius 2 is 1.61 bits per heavy atom. The Labute approximate surface area is 231 Å². The SMILES string of the molecule is COc1cc(OC)cc(-c2cc(-c3cccc(NC(=O)NN)c3N(CCCl)CCCl)c3ccccc3n2)c1. The van der Waals surface area contributed by atoms with Crippen molar-refractivity contribution in [3.63, 3.8) is 0 Å². The van der Waals surface area contributed by atoms with Gasteiger partial charge in [0.15, 0.2) is 0 Å². The molecule has 0 aliphatic rings. The van der Waals surface area contributed by atoms with Crippen molar-refractivity contribution in [2.75, 3.05) is 49.3 Å². The number of aromatic nitrogens is 1. The molecule has 4 rings (SSSR count). The van der Waals surface area contributed by atoms with Crippen LogP contribution in [0.25, 0.3) is 33.3 Å². The number of methoxy groups -OCH3 is 2. The topological polar surface area (TPSA) is 102 Å². The average molecular weight is 554 g/mol. The Hall–Kier alpha value is -3.72. The molecule has 0 saturated heterocycles. The Kier molecular flexibility index (Phi) is 9.12. The molecular weight excluding hydrogens is 525 g/mol. The Balaban J connectivity index is 2.02. The van der Waals surface area contributed by atoms with Gasteiger partial charge in [0.05, 0.1) is 36.8 Å². The van der Waals surface area contributed by atoms with Gasteiger partial charge in [-0.1, -0.05) is 30.3 Å². The van der Waals surface area contributed by atoms with Gasteiger partial charge < -0.3 is 19.7 Å². The number of nitrogens with one attached hydrogen (secondary N) is 2. The van der Waals surface area contributed by atoms with Gasteiger partial charge in [-0.15, -0.1) is 23.2 Å². The number of nitrogens with zero attached hydrogens (tertiary/aromatic N) is 2. The molecule has 0 fully saturated rings. The smallest absolute Gasteiger partial charge is 0.333 e. The van der Waals surface area contributed by atoms with E-state index < -0.39 is 6.03 Å². The number of hydrogen-bond acceptors (Lipinski definition) is 6. The van der Waals surface area contributed by atoms with E-state index in [1.54, 1.807) is 14.2 Å². The van der Waals surface area contributed by atoms with Crippen molar-refractivity contribution in [1.82, 2.24) is 10.4 Å².